The molecule has 0 saturated carbocycles. The molecule has 16 heavy (non-hydrogen) atoms. The van der Waals surface area contributed by atoms with E-state index in [0.717, 1.165) is 17.7 Å². The zero-order valence-corrected chi connectivity index (χ0v) is 8.42. The number of carbonyl (C=O) groups excluding carboxylic acids is 1. The third kappa shape index (κ3) is 4.92. The number of benzene rings is 1. The molecule has 0 unspecified atom stereocenters. The molecule has 0 aliphatic rings. The number of carboxylic acid groups (broad SMARTS) is 1. The summed E-state index contributed by atoms with van der Waals surface area (Å²) in [7, 11) is 0. The highest BCUT2D eigenvalue weighted by atomic mass is 16.6. The molecule has 1 amide bonds. The molecule has 0 fully saturated rings. The predicted molar refractivity (Wildman–Crippen MR) is 56.1 cm³/mol. The molecule has 5 nitrogen and oxygen atoms in total. The SMILES string of the molecule is O=C(O)/C=C\C(=O)NOCc1ccccc1. The largest absolute Gasteiger partial charge is 0.478 e. The summed E-state index contributed by atoms with van der Waals surface area (Å²) in [5, 5.41) is 8.26. The van der Waals surface area contributed by atoms with Crippen LogP contribution in [0.15, 0.2) is 42.5 Å². The second kappa shape index (κ2) is 6.36. The fraction of sp³-hybridized carbons (Fsp3) is 0.0909. The molecule has 84 valence electrons. The Bertz CT molecular complexity index is 386. The van der Waals surface area contributed by atoms with Gasteiger partial charge in [0.15, 0.2) is 0 Å². The molecule has 0 saturated heterocycles. The van der Waals surface area contributed by atoms with Gasteiger partial charge < -0.3 is 5.11 Å². The van der Waals surface area contributed by atoms with Crippen LogP contribution < -0.4 is 5.48 Å². The third-order valence-corrected chi connectivity index (χ3v) is 1.63. The number of nitrogens with one attached hydrogen (secondary N) is 1. The maximum Gasteiger partial charge on any atom is 0.328 e. The van der Waals surface area contributed by atoms with E-state index < -0.39 is 11.9 Å². The minimum absolute atomic E-state index is 0.230. The molecule has 2 N–H and O–H groups in total. The molecule has 0 aliphatic carbocycles. The van der Waals surface area contributed by atoms with Gasteiger partial charge in [-0.15, -0.1) is 0 Å². The monoisotopic (exact) mass is 221 g/mol. The zero-order valence-electron chi connectivity index (χ0n) is 8.42. The Morgan fingerprint density at radius 2 is 1.94 bits per heavy atom. The molecular weight excluding hydrogens is 210 g/mol. The van der Waals surface area contributed by atoms with Crippen molar-refractivity contribution in [1.82, 2.24) is 5.48 Å². The van der Waals surface area contributed by atoms with Gasteiger partial charge in [0.2, 0.25) is 0 Å². The molecule has 0 spiro atoms. The number of rotatable bonds is 5. The first-order valence-corrected chi connectivity index (χ1v) is 4.55. The van der Waals surface area contributed by atoms with E-state index >= 15 is 0 Å². The number of hydrogen-bond donors (Lipinski definition) is 2. The van der Waals surface area contributed by atoms with Crippen molar-refractivity contribution in [3.05, 3.63) is 48.0 Å². The van der Waals surface area contributed by atoms with E-state index in [-0.39, 0.29) is 6.61 Å². The molecule has 5 heteroatoms. The van der Waals surface area contributed by atoms with Crippen LogP contribution in [0.2, 0.25) is 0 Å². The predicted octanol–water partition coefficient (Wildman–Crippen LogP) is 0.875. The minimum atomic E-state index is -1.18. The molecule has 0 radical (unpaired) electrons. The lowest BCUT2D eigenvalue weighted by Gasteiger charge is -2.02. The van der Waals surface area contributed by atoms with Gasteiger partial charge in [0.1, 0.15) is 0 Å². The summed E-state index contributed by atoms with van der Waals surface area (Å²) < 4.78 is 0. The summed E-state index contributed by atoms with van der Waals surface area (Å²) in [5.74, 6) is -1.79. The number of carbonyl (C=O) groups is 2. The number of amides is 1. The van der Waals surface area contributed by atoms with E-state index in [1.54, 1.807) is 0 Å². The van der Waals surface area contributed by atoms with Gasteiger partial charge in [0.25, 0.3) is 5.91 Å². The van der Waals surface area contributed by atoms with Crippen molar-refractivity contribution in [2.24, 2.45) is 0 Å². The van der Waals surface area contributed by atoms with Crippen molar-refractivity contribution in [2.45, 2.75) is 6.61 Å². The van der Waals surface area contributed by atoms with Gasteiger partial charge in [-0.05, 0) is 5.56 Å². The van der Waals surface area contributed by atoms with Crippen molar-refractivity contribution in [3.8, 4) is 0 Å². The van der Waals surface area contributed by atoms with E-state index in [2.05, 4.69) is 5.48 Å². The Hall–Kier alpha value is -2.14. The highest BCUT2D eigenvalue weighted by molar-refractivity contribution is 5.93. The van der Waals surface area contributed by atoms with E-state index in [1.165, 1.54) is 0 Å². The summed E-state index contributed by atoms with van der Waals surface area (Å²) in [6.45, 7) is 0.230. The third-order valence-electron chi connectivity index (χ3n) is 1.63. The second-order valence-corrected chi connectivity index (χ2v) is 2.91. The molecule has 1 rings (SSSR count). The summed E-state index contributed by atoms with van der Waals surface area (Å²) >= 11 is 0. The highest BCUT2D eigenvalue weighted by Gasteiger charge is 1.97. The highest BCUT2D eigenvalue weighted by Crippen LogP contribution is 1.98. The van der Waals surface area contributed by atoms with Gasteiger partial charge in [-0.3, -0.25) is 9.63 Å². The first-order valence-electron chi connectivity index (χ1n) is 4.55. The van der Waals surface area contributed by atoms with Crippen LogP contribution in [-0.2, 0) is 21.0 Å². The second-order valence-electron chi connectivity index (χ2n) is 2.91. The molecule has 0 heterocycles. The standard InChI is InChI=1S/C11H11NO4/c13-10(6-7-11(14)15)12-16-8-9-4-2-1-3-5-9/h1-7H,8H2,(H,12,13)(H,14,15)/b7-6-. The lowest BCUT2D eigenvalue weighted by atomic mass is 10.2. The van der Waals surface area contributed by atoms with Gasteiger partial charge >= 0.3 is 5.97 Å². The molecule has 0 bridgehead atoms. The van der Waals surface area contributed by atoms with Crippen molar-refractivity contribution in [3.63, 3.8) is 0 Å². The fourth-order valence-corrected chi connectivity index (χ4v) is 0.946. The Kier molecular flexibility index (Phi) is 4.75. The summed E-state index contributed by atoms with van der Waals surface area (Å²) in [4.78, 5) is 25.9. The van der Waals surface area contributed by atoms with E-state index in [1.807, 2.05) is 30.3 Å². The van der Waals surface area contributed by atoms with Gasteiger partial charge in [-0.2, -0.15) is 0 Å². The quantitative estimate of drug-likeness (QED) is 0.571. The maximum atomic E-state index is 11.0. The van der Waals surface area contributed by atoms with Crippen LogP contribution >= 0.6 is 0 Å². The lowest BCUT2D eigenvalue weighted by molar-refractivity contribution is -0.133. The van der Waals surface area contributed by atoms with E-state index in [9.17, 15) is 9.59 Å². The van der Waals surface area contributed by atoms with Crippen molar-refractivity contribution < 1.29 is 19.5 Å². The van der Waals surface area contributed by atoms with Gasteiger partial charge in [0, 0.05) is 12.2 Å². The molecule has 0 aromatic heterocycles. The van der Waals surface area contributed by atoms with Gasteiger partial charge in [-0.1, -0.05) is 30.3 Å². The van der Waals surface area contributed by atoms with Gasteiger partial charge in [-0.25, -0.2) is 10.3 Å². The average Bonchev–Trinajstić information content (AvgIpc) is 2.28. The Morgan fingerprint density at radius 3 is 2.56 bits per heavy atom. The van der Waals surface area contributed by atoms with Crippen LogP contribution in [0.4, 0.5) is 0 Å². The zero-order chi connectivity index (χ0) is 11.8. The number of aliphatic carboxylic acids is 1. The van der Waals surface area contributed by atoms with Crippen molar-refractivity contribution >= 4 is 11.9 Å². The summed E-state index contributed by atoms with van der Waals surface area (Å²) in [6, 6.07) is 9.27. The van der Waals surface area contributed by atoms with Crippen LogP contribution in [-0.4, -0.2) is 17.0 Å². The molecule has 0 atom stereocenters. The smallest absolute Gasteiger partial charge is 0.328 e. The first-order chi connectivity index (χ1) is 7.68. The van der Waals surface area contributed by atoms with Gasteiger partial charge in [0.05, 0.1) is 6.61 Å². The van der Waals surface area contributed by atoms with Crippen LogP contribution in [0.1, 0.15) is 5.56 Å². The maximum absolute atomic E-state index is 11.0. The van der Waals surface area contributed by atoms with Crippen LogP contribution in [0.25, 0.3) is 0 Å². The van der Waals surface area contributed by atoms with Crippen LogP contribution in [0, 0.1) is 0 Å². The van der Waals surface area contributed by atoms with E-state index in [4.69, 9.17) is 9.94 Å². The molecular formula is C11H11NO4. The summed E-state index contributed by atoms with van der Waals surface area (Å²) in [5.41, 5.74) is 3.00. The normalized spacial score (nSPS) is 10.2. The van der Waals surface area contributed by atoms with Crippen LogP contribution in [0.5, 0.6) is 0 Å². The van der Waals surface area contributed by atoms with Crippen molar-refractivity contribution in [2.75, 3.05) is 0 Å². The lowest BCUT2D eigenvalue weighted by Crippen LogP contribution is -2.21. The van der Waals surface area contributed by atoms with E-state index in [0.29, 0.717) is 0 Å². The molecule has 1 aromatic carbocycles. The van der Waals surface area contributed by atoms with Crippen molar-refractivity contribution in [1.29, 1.82) is 0 Å². The Morgan fingerprint density at radius 1 is 1.25 bits per heavy atom. The number of hydrogen-bond acceptors (Lipinski definition) is 3. The number of carboxylic acids is 1. The number of hydroxylamine groups is 1. The first kappa shape index (κ1) is 11.9. The Balaban J connectivity index is 2.26. The molecule has 0 aliphatic heterocycles. The Labute approximate surface area is 92.3 Å². The minimum Gasteiger partial charge on any atom is -0.478 e. The molecule has 1 aromatic rings. The van der Waals surface area contributed by atoms with Crippen LogP contribution in [0.3, 0.4) is 0 Å². The topological polar surface area (TPSA) is 75.6 Å². The fourth-order valence-electron chi connectivity index (χ4n) is 0.946. The summed E-state index contributed by atoms with van der Waals surface area (Å²) in [6.07, 6.45) is 1.62. The average molecular weight is 221 g/mol.